The van der Waals surface area contributed by atoms with Gasteiger partial charge < -0.3 is 0 Å². The van der Waals surface area contributed by atoms with Crippen LogP contribution in [0, 0.1) is 16.2 Å². The number of benzene rings is 4. The van der Waals surface area contributed by atoms with Crippen LogP contribution >= 0.6 is 29.9 Å². The van der Waals surface area contributed by atoms with Crippen molar-refractivity contribution in [3.63, 3.8) is 0 Å². The van der Waals surface area contributed by atoms with Crippen LogP contribution in [0.25, 0.3) is 27.0 Å². The molecule has 287 valence electrons. The quantitative estimate of drug-likeness (QED) is 0.115. The molecule has 9 rings (SSSR count). The predicted molar refractivity (Wildman–Crippen MR) is 251 cm³/mol. The zero-order valence-corrected chi connectivity index (χ0v) is 39.1. The van der Waals surface area contributed by atoms with E-state index in [1.54, 1.807) is 0 Å². The van der Waals surface area contributed by atoms with E-state index in [0.29, 0.717) is 0 Å². The van der Waals surface area contributed by atoms with Crippen LogP contribution in [-0.2, 0) is 28.8 Å². The van der Waals surface area contributed by atoms with Gasteiger partial charge in [0.2, 0.25) is 0 Å². The number of hydrogen-bond acceptors (Lipinski definition) is 2. The SMILES string of the molecule is CC=C1CCCC1=CC(C#Cc1cc2c(s1)-c1cc3c(cc1C2(C)C)-c1sc(/C=C/C)cc1C3(C)C)=C([C]#[Os])[P+](c1ccccc1)(c1ccccc1)c1ccccc1. The summed E-state index contributed by atoms with van der Waals surface area (Å²) in [6.07, 6.45) is 12.5. The molecule has 0 spiro atoms. The minimum atomic E-state index is -2.43. The summed E-state index contributed by atoms with van der Waals surface area (Å²) in [7, 11) is -2.43. The van der Waals surface area contributed by atoms with Gasteiger partial charge in [0.05, 0.1) is 0 Å². The fraction of sp³-hybridized carbons (Fsp3) is 0.204. The monoisotopic (exact) mass is 982 g/mol. The standard InChI is InChI=1S/C54H47PS2.Os/c1-8-20-43-32-49-51(56-43)45-34-48-46(35-47(45)53(49,4)5)52-50(54(48,6)7)33-44(57-52)30-29-38(31-39-22-19-21-37(39)9-2)36(3)55(40-23-13-10-14-24-40,41-25-15-11-16-26-41)42-27-17-12-18-28-42;/h8-18,20,23-28,31-35H,19,21-22H2,1-2,4-7H3;/q+1;/b20-8+,37-9?,38-36?,39-31?;. The molecule has 3 aliphatic rings. The summed E-state index contributed by atoms with van der Waals surface area (Å²) in [4.78, 5) is 5.27. The normalized spacial score (nSPS) is 17.7. The molecule has 1 saturated carbocycles. The number of allylic oxidation sites excluding steroid dienone is 7. The van der Waals surface area contributed by atoms with E-state index in [2.05, 4.69) is 197 Å². The predicted octanol–water partition coefficient (Wildman–Crippen LogP) is 13.6. The van der Waals surface area contributed by atoms with Crippen LogP contribution < -0.4 is 15.9 Å². The Morgan fingerprint density at radius 2 is 1.17 bits per heavy atom. The van der Waals surface area contributed by atoms with Gasteiger partial charge in [0, 0.05) is 9.75 Å². The van der Waals surface area contributed by atoms with Crippen molar-refractivity contribution in [3.05, 3.63) is 188 Å². The molecular formula is C54H47OsPS2+. The molecule has 4 heteroatoms. The Morgan fingerprint density at radius 1 is 0.655 bits per heavy atom. The Bertz CT molecular complexity index is 2730. The average Bonchev–Trinajstić information content (AvgIpc) is 4.06. The van der Waals surface area contributed by atoms with Gasteiger partial charge in [0.25, 0.3) is 0 Å². The number of fused-ring (bicyclic) bond motifs is 6. The molecule has 0 saturated heterocycles. The molecule has 1 fully saturated rings. The second-order valence-corrected chi connectivity index (χ2v) is 22.7. The molecule has 2 aromatic heterocycles. The van der Waals surface area contributed by atoms with Gasteiger partial charge in [-0.05, 0) is 24.6 Å². The van der Waals surface area contributed by atoms with Crippen LogP contribution in [0.15, 0.2) is 156 Å². The van der Waals surface area contributed by atoms with Gasteiger partial charge >= 0.3 is 300 Å². The molecule has 58 heavy (non-hydrogen) atoms. The van der Waals surface area contributed by atoms with Crippen LogP contribution in [0.2, 0.25) is 0 Å². The second kappa shape index (κ2) is 15.4. The zero-order valence-electron chi connectivity index (χ0n) is 34.0. The Labute approximate surface area is 363 Å². The van der Waals surface area contributed by atoms with E-state index < -0.39 is 7.26 Å². The molecule has 6 aromatic rings. The third-order valence-corrected chi connectivity index (χ3v) is 20.1. The summed E-state index contributed by atoms with van der Waals surface area (Å²) < 4.78 is 3.88. The van der Waals surface area contributed by atoms with Gasteiger partial charge in [0.1, 0.15) is 0 Å². The van der Waals surface area contributed by atoms with Gasteiger partial charge in [-0.25, -0.2) is 0 Å². The Kier molecular flexibility index (Phi) is 10.4. The molecule has 0 atom stereocenters. The van der Waals surface area contributed by atoms with Crippen LogP contribution in [0.4, 0.5) is 0 Å². The summed E-state index contributed by atoms with van der Waals surface area (Å²) in [6.45, 7) is 13.9. The van der Waals surface area contributed by atoms with Gasteiger partial charge in [-0.2, -0.15) is 0 Å². The van der Waals surface area contributed by atoms with E-state index >= 15 is 0 Å². The van der Waals surface area contributed by atoms with Gasteiger partial charge in [0.15, 0.2) is 0 Å². The van der Waals surface area contributed by atoms with E-state index in [9.17, 15) is 0 Å². The first-order valence-corrected chi connectivity index (χ1v) is 25.0. The van der Waals surface area contributed by atoms with Crippen molar-refractivity contribution in [3.8, 4) is 37.1 Å². The van der Waals surface area contributed by atoms with E-state index in [1.807, 2.05) is 40.6 Å². The molecule has 3 aliphatic carbocycles. The van der Waals surface area contributed by atoms with Crippen molar-refractivity contribution < 1.29 is 17.9 Å². The van der Waals surface area contributed by atoms with Crippen molar-refractivity contribution >= 4 is 51.9 Å². The molecule has 4 aromatic carbocycles. The Hall–Kier alpha value is -4.35. The maximum absolute atomic E-state index is 3.89. The maximum atomic E-state index is 3.89. The number of thiophene rings is 2. The molecule has 2 heterocycles. The Balaban J connectivity index is 1.25. The second-order valence-electron chi connectivity index (χ2n) is 16.6. The molecule has 0 amide bonds. The van der Waals surface area contributed by atoms with Gasteiger partial charge in [-0.15, -0.1) is 11.3 Å². The van der Waals surface area contributed by atoms with Gasteiger partial charge in [-0.1, -0.05) is 19.9 Å². The first-order chi connectivity index (χ1) is 28.1. The number of hydrogen-bond donors (Lipinski definition) is 0. The van der Waals surface area contributed by atoms with Crippen molar-refractivity contribution in [2.24, 2.45) is 0 Å². The first kappa shape index (κ1) is 39.1. The molecular weight excluding hydrogens is 934 g/mol. The van der Waals surface area contributed by atoms with E-state index in [1.165, 1.54) is 86.8 Å². The molecule has 0 nitrogen and oxygen atoms in total. The summed E-state index contributed by atoms with van der Waals surface area (Å²) in [6, 6.07) is 43.3. The fourth-order valence-corrected chi connectivity index (χ4v) is 17.8. The van der Waals surface area contributed by atoms with E-state index in [-0.39, 0.29) is 10.8 Å². The molecule has 0 aliphatic heterocycles. The van der Waals surface area contributed by atoms with Gasteiger partial charge in [-0.3, -0.25) is 0 Å². The molecule has 0 bridgehead atoms. The summed E-state index contributed by atoms with van der Waals surface area (Å²) in [5, 5.41) is 5.14. The van der Waals surface area contributed by atoms with Crippen molar-refractivity contribution in [1.29, 1.82) is 0 Å². The fourth-order valence-electron chi connectivity index (χ4n) is 9.57. The van der Waals surface area contributed by atoms with E-state index in [0.717, 1.165) is 23.3 Å². The van der Waals surface area contributed by atoms with Crippen LogP contribution in [-0.4, -0.2) is 0 Å². The van der Waals surface area contributed by atoms with Crippen molar-refractivity contribution in [2.75, 3.05) is 0 Å². The van der Waals surface area contributed by atoms with Crippen molar-refractivity contribution in [2.45, 2.75) is 71.6 Å². The minimum absolute atomic E-state index is 0.0435. The van der Waals surface area contributed by atoms with Crippen molar-refractivity contribution in [1.82, 2.24) is 0 Å². The third kappa shape index (κ3) is 6.25. The molecule has 0 radical (unpaired) electrons. The third-order valence-electron chi connectivity index (χ3n) is 12.6. The molecule has 0 N–H and O–H groups in total. The van der Waals surface area contributed by atoms with Crippen LogP contribution in [0.3, 0.4) is 0 Å². The van der Waals surface area contributed by atoms with E-state index in [4.69, 9.17) is 0 Å². The summed E-state index contributed by atoms with van der Waals surface area (Å²) in [5.41, 5.74) is 12.3. The van der Waals surface area contributed by atoms with Crippen LogP contribution in [0.5, 0.6) is 0 Å². The average molecular weight is 981 g/mol. The Morgan fingerprint density at radius 3 is 1.69 bits per heavy atom. The summed E-state index contributed by atoms with van der Waals surface area (Å²) in [5.74, 6) is 7.70. The summed E-state index contributed by atoms with van der Waals surface area (Å²) >= 11 is 5.64. The van der Waals surface area contributed by atoms with Crippen LogP contribution in [0.1, 0.15) is 92.8 Å². The number of rotatable bonds is 6. The first-order valence-electron chi connectivity index (χ1n) is 20.3. The topological polar surface area (TPSA) is 0 Å². The zero-order chi connectivity index (χ0) is 40.2. The molecule has 0 unspecified atom stereocenters.